The van der Waals surface area contributed by atoms with E-state index in [9.17, 15) is 7.77 Å². The molecule has 0 bridgehead atoms. The topological polar surface area (TPSA) is 23.8 Å². The summed E-state index contributed by atoms with van der Waals surface area (Å²) in [5.74, 6) is 0. The number of hydrogen-bond acceptors (Lipinski definition) is 1. The van der Waals surface area contributed by atoms with Gasteiger partial charge in [-0.1, -0.05) is 19.8 Å². The van der Waals surface area contributed by atoms with Crippen LogP contribution in [-0.4, -0.2) is 11.5 Å². The molecule has 4 heteroatoms. The fourth-order valence-electron chi connectivity index (χ4n) is 0.754. The van der Waals surface area contributed by atoms with E-state index in [2.05, 4.69) is 0 Å². The number of unbranched alkanes of at least 4 members (excludes halogenated alkanes) is 1. The largest absolute Gasteiger partial charge is 0.197 e. The van der Waals surface area contributed by atoms with Crippen LogP contribution in [0.2, 0.25) is 0 Å². The average molecular weight is 181 g/mol. The Balaban J connectivity index is 3.89. The Bertz CT molecular complexity index is 148. The van der Waals surface area contributed by atoms with Gasteiger partial charge in [0.1, 0.15) is 5.25 Å². The molecule has 0 saturated heterocycles. The minimum Gasteiger partial charge on any atom is -0.197 e. The van der Waals surface area contributed by atoms with E-state index in [1.807, 2.05) is 6.92 Å². The van der Waals surface area contributed by atoms with E-state index >= 15 is 0 Å². The molecule has 0 N–H and O–H groups in total. The molecule has 0 aromatic carbocycles. The van der Waals surface area contributed by atoms with Gasteiger partial charge in [0.2, 0.25) is 0 Å². The highest BCUT2D eigenvalue weighted by molar-refractivity contribution is 8.25. The van der Waals surface area contributed by atoms with E-state index in [4.69, 9.17) is 5.26 Å². The van der Waals surface area contributed by atoms with Crippen molar-refractivity contribution in [1.82, 2.24) is 0 Å². The summed E-state index contributed by atoms with van der Waals surface area (Å²) >= 11 is 0. The molecule has 0 aliphatic heterocycles. The molecular weight excluding hydrogens is 168 g/mol. The monoisotopic (exact) mass is 181 g/mol. The second-order valence-corrected chi connectivity index (χ2v) is 4.67. The SMILES string of the molecule is CCCCC(C#N)S(C)(F)F. The van der Waals surface area contributed by atoms with Crippen LogP contribution in [0, 0.1) is 11.3 Å². The zero-order valence-corrected chi connectivity index (χ0v) is 7.63. The lowest BCUT2D eigenvalue weighted by molar-refractivity contribution is 0.678. The first-order valence-corrected chi connectivity index (χ1v) is 5.49. The summed E-state index contributed by atoms with van der Waals surface area (Å²) in [6.45, 7) is 1.93. The standard InChI is InChI=1S/C7H13F2NS/c1-3-4-5-7(6-10)11(2,8)9/h7H,3-5H2,1-2H3. The van der Waals surface area contributed by atoms with Crippen molar-refractivity contribution in [3.05, 3.63) is 0 Å². The maximum absolute atomic E-state index is 12.6. The molecule has 1 nitrogen and oxygen atoms in total. The van der Waals surface area contributed by atoms with E-state index in [-0.39, 0.29) is 0 Å². The highest BCUT2D eigenvalue weighted by atomic mass is 32.3. The van der Waals surface area contributed by atoms with Crippen LogP contribution in [0.4, 0.5) is 7.77 Å². The van der Waals surface area contributed by atoms with Gasteiger partial charge in [-0.05, 0) is 6.42 Å². The third-order valence-corrected chi connectivity index (χ3v) is 2.80. The number of halogens is 2. The predicted molar refractivity (Wildman–Crippen MR) is 44.7 cm³/mol. The van der Waals surface area contributed by atoms with Gasteiger partial charge in [0.25, 0.3) is 0 Å². The van der Waals surface area contributed by atoms with Gasteiger partial charge >= 0.3 is 0 Å². The molecule has 1 unspecified atom stereocenters. The van der Waals surface area contributed by atoms with Crippen molar-refractivity contribution in [1.29, 1.82) is 5.26 Å². The van der Waals surface area contributed by atoms with Crippen molar-refractivity contribution in [2.45, 2.75) is 31.4 Å². The van der Waals surface area contributed by atoms with Crippen LogP contribution in [0.15, 0.2) is 0 Å². The van der Waals surface area contributed by atoms with E-state index < -0.39 is 16.0 Å². The van der Waals surface area contributed by atoms with E-state index in [0.717, 1.165) is 12.7 Å². The average Bonchev–Trinajstić information content (AvgIpc) is 1.87. The lowest BCUT2D eigenvalue weighted by atomic mass is 10.2. The smallest absolute Gasteiger partial charge is 0.129 e. The summed E-state index contributed by atoms with van der Waals surface area (Å²) in [5, 5.41) is 7.35. The molecule has 0 aromatic rings. The van der Waals surface area contributed by atoms with E-state index in [0.29, 0.717) is 12.8 Å². The number of hydrogen-bond donors (Lipinski definition) is 0. The molecule has 0 saturated carbocycles. The molecule has 11 heavy (non-hydrogen) atoms. The van der Waals surface area contributed by atoms with E-state index in [1.54, 1.807) is 6.07 Å². The van der Waals surface area contributed by atoms with Crippen LogP contribution in [0.1, 0.15) is 26.2 Å². The second-order valence-electron chi connectivity index (χ2n) is 2.54. The molecule has 1 atom stereocenters. The third kappa shape index (κ3) is 4.20. The van der Waals surface area contributed by atoms with Crippen molar-refractivity contribution >= 4 is 10.8 Å². The zero-order chi connectivity index (χ0) is 8.91. The first-order valence-electron chi connectivity index (χ1n) is 3.58. The fourth-order valence-corrected chi connectivity index (χ4v) is 1.52. The molecule has 0 aromatic heterocycles. The molecule has 0 radical (unpaired) electrons. The Hall–Kier alpha value is -0.300. The lowest BCUT2D eigenvalue weighted by Gasteiger charge is -2.20. The lowest BCUT2D eigenvalue weighted by Crippen LogP contribution is -2.07. The summed E-state index contributed by atoms with van der Waals surface area (Å²) in [6, 6.07) is 1.66. The molecule has 0 rings (SSSR count). The van der Waals surface area contributed by atoms with Gasteiger partial charge in [0.15, 0.2) is 0 Å². The molecular formula is C7H13F2NS. The van der Waals surface area contributed by atoms with Gasteiger partial charge in [-0.2, -0.15) is 13.0 Å². The first-order chi connectivity index (χ1) is 5.02. The van der Waals surface area contributed by atoms with Crippen LogP contribution in [0.25, 0.3) is 0 Å². The van der Waals surface area contributed by atoms with Crippen LogP contribution < -0.4 is 0 Å². The number of nitriles is 1. The maximum Gasteiger partial charge on any atom is 0.129 e. The van der Waals surface area contributed by atoms with Gasteiger partial charge in [0, 0.05) is 6.26 Å². The molecule has 0 aliphatic rings. The maximum atomic E-state index is 12.6. The van der Waals surface area contributed by atoms with Crippen molar-refractivity contribution in [3.63, 3.8) is 0 Å². The minimum absolute atomic E-state index is 0.339. The van der Waals surface area contributed by atoms with Crippen LogP contribution >= 0.6 is 10.8 Å². The highest BCUT2D eigenvalue weighted by Gasteiger charge is 2.27. The van der Waals surface area contributed by atoms with E-state index in [1.165, 1.54) is 0 Å². The summed E-state index contributed by atoms with van der Waals surface area (Å²) < 4.78 is 25.1. The predicted octanol–water partition coefficient (Wildman–Crippen LogP) is 3.27. The van der Waals surface area contributed by atoms with Crippen LogP contribution in [0.3, 0.4) is 0 Å². The quantitative estimate of drug-likeness (QED) is 0.653. The van der Waals surface area contributed by atoms with Crippen molar-refractivity contribution in [3.8, 4) is 6.07 Å². The third-order valence-electron chi connectivity index (χ3n) is 1.46. The van der Waals surface area contributed by atoms with Gasteiger partial charge in [-0.3, -0.25) is 0 Å². The summed E-state index contributed by atoms with van der Waals surface area (Å²) in [7, 11) is -3.65. The highest BCUT2D eigenvalue weighted by Crippen LogP contribution is 2.53. The van der Waals surface area contributed by atoms with Crippen molar-refractivity contribution < 1.29 is 7.77 Å². The fraction of sp³-hybridized carbons (Fsp3) is 0.857. The number of rotatable bonds is 4. The molecule has 0 amide bonds. The van der Waals surface area contributed by atoms with Gasteiger partial charge < -0.3 is 0 Å². The summed E-state index contributed by atoms with van der Waals surface area (Å²) in [6.07, 6.45) is 2.81. The Morgan fingerprint density at radius 1 is 1.55 bits per heavy atom. The normalized spacial score (nSPS) is 15.5. The van der Waals surface area contributed by atoms with Crippen LogP contribution in [0.5, 0.6) is 0 Å². The van der Waals surface area contributed by atoms with Crippen molar-refractivity contribution in [2.75, 3.05) is 6.26 Å². The molecule has 0 spiro atoms. The molecule has 66 valence electrons. The molecule has 0 heterocycles. The Kier molecular flexibility index (Phi) is 4.43. The Morgan fingerprint density at radius 2 is 2.09 bits per heavy atom. The second kappa shape index (κ2) is 4.55. The Morgan fingerprint density at radius 3 is 2.36 bits per heavy atom. The van der Waals surface area contributed by atoms with Crippen molar-refractivity contribution in [2.24, 2.45) is 0 Å². The number of nitrogens with zero attached hydrogens (tertiary/aromatic N) is 1. The van der Waals surface area contributed by atoms with Crippen LogP contribution in [-0.2, 0) is 0 Å². The van der Waals surface area contributed by atoms with Gasteiger partial charge in [-0.25, -0.2) is 0 Å². The Labute approximate surface area is 68.3 Å². The summed E-state index contributed by atoms with van der Waals surface area (Å²) in [4.78, 5) is 0. The first kappa shape index (κ1) is 10.7. The molecule has 0 aliphatic carbocycles. The zero-order valence-electron chi connectivity index (χ0n) is 6.81. The molecule has 0 fully saturated rings. The summed E-state index contributed by atoms with van der Waals surface area (Å²) in [5.41, 5.74) is 0. The minimum atomic E-state index is -3.65. The van der Waals surface area contributed by atoms with Gasteiger partial charge in [-0.15, -0.1) is 0 Å². The van der Waals surface area contributed by atoms with Gasteiger partial charge in [0.05, 0.1) is 16.9 Å².